The Morgan fingerprint density at radius 1 is 1.38 bits per heavy atom. The van der Waals surface area contributed by atoms with Gasteiger partial charge in [0.2, 0.25) is 0 Å². The van der Waals surface area contributed by atoms with Crippen LogP contribution in [0.2, 0.25) is 10.0 Å². The first-order chi connectivity index (χ1) is 9.66. The van der Waals surface area contributed by atoms with Crippen molar-refractivity contribution >= 4 is 23.2 Å². The molecule has 0 radical (unpaired) electrons. The third-order valence-electron chi connectivity index (χ3n) is 4.10. The summed E-state index contributed by atoms with van der Waals surface area (Å²) in [7, 11) is 0. The predicted molar refractivity (Wildman–Crippen MR) is 88.0 cm³/mol. The lowest BCUT2D eigenvalue weighted by Crippen LogP contribution is -2.39. The molecule has 0 aromatic carbocycles. The minimum Gasteiger partial charge on any atom is -0.369 e. The molecule has 0 saturated carbocycles. The topological polar surface area (TPSA) is 34.2 Å². The van der Waals surface area contributed by atoms with Crippen molar-refractivity contribution in [3.05, 3.63) is 28.0 Å². The number of ether oxygens (including phenoxy) is 1. The largest absolute Gasteiger partial charge is 0.369 e. The second-order valence-electron chi connectivity index (χ2n) is 6.83. The van der Waals surface area contributed by atoms with E-state index in [2.05, 4.69) is 44.9 Å². The Kier molecular flexibility index (Phi) is 4.89. The van der Waals surface area contributed by atoms with Crippen LogP contribution in [-0.4, -0.2) is 22.7 Å². The standard InChI is InChI=1S/C16H24Cl2N2O/c1-6-19-13(14-12(18)7-10(17)9-20-14)11-8-15(2,3)21-16(11,4)5/h7,9,11,13,19H,6,8H2,1-5H3. The number of hydrogen-bond donors (Lipinski definition) is 1. The van der Waals surface area contributed by atoms with E-state index in [1.54, 1.807) is 12.3 Å². The SMILES string of the molecule is CCNC(c1ncc(Cl)cc1Cl)C1CC(C)(C)OC1(C)C. The highest BCUT2D eigenvalue weighted by atomic mass is 35.5. The first kappa shape index (κ1) is 17.0. The van der Waals surface area contributed by atoms with Crippen LogP contribution in [0.4, 0.5) is 0 Å². The summed E-state index contributed by atoms with van der Waals surface area (Å²) in [6, 6.07) is 1.81. The average molecular weight is 331 g/mol. The zero-order valence-corrected chi connectivity index (χ0v) is 14.8. The van der Waals surface area contributed by atoms with Gasteiger partial charge in [0, 0.05) is 12.1 Å². The second-order valence-corrected chi connectivity index (χ2v) is 7.68. The summed E-state index contributed by atoms with van der Waals surface area (Å²) in [5, 5.41) is 4.69. The van der Waals surface area contributed by atoms with Crippen LogP contribution >= 0.6 is 23.2 Å². The third kappa shape index (κ3) is 3.70. The van der Waals surface area contributed by atoms with Crippen molar-refractivity contribution in [3.63, 3.8) is 0 Å². The van der Waals surface area contributed by atoms with E-state index in [1.165, 1.54) is 0 Å². The van der Waals surface area contributed by atoms with Crippen molar-refractivity contribution in [3.8, 4) is 0 Å². The van der Waals surface area contributed by atoms with Gasteiger partial charge in [0.25, 0.3) is 0 Å². The first-order valence-electron chi connectivity index (χ1n) is 7.41. The van der Waals surface area contributed by atoms with Crippen LogP contribution in [0.1, 0.15) is 52.8 Å². The lowest BCUT2D eigenvalue weighted by molar-refractivity contribution is -0.0779. The van der Waals surface area contributed by atoms with Gasteiger partial charge >= 0.3 is 0 Å². The number of aromatic nitrogens is 1. The summed E-state index contributed by atoms with van der Waals surface area (Å²) >= 11 is 12.3. The van der Waals surface area contributed by atoms with Crippen molar-refractivity contribution in [2.45, 2.75) is 58.3 Å². The molecule has 5 heteroatoms. The van der Waals surface area contributed by atoms with Gasteiger partial charge in [-0.2, -0.15) is 0 Å². The number of rotatable bonds is 4. The maximum Gasteiger partial charge on any atom is 0.0764 e. The van der Waals surface area contributed by atoms with Gasteiger partial charge in [-0.3, -0.25) is 4.98 Å². The van der Waals surface area contributed by atoms with Crippen molar-refractivity contribution in [1.29, 1.82) is 0 Å². The Bertz CT molecular complexity index is 517. The van der Waals surface area contributed by atoms with Crippen molar-refractivity contribution < 1.29 is 4.74 Å². The zero-order valence-electron chi connectivity index (χ0n) is 13.3. The van der Waals surface area contributed by atoms with E-state index < -0.39 is 0 Å². The number of nitrogens with one attached hydrogen (secondary N) is 1. The monoisotopic (exact) mass is 330 g/mol. The summed E-state index contributed by atoms with van der Waals surface area (Å²) in [5.74, 6) is 0.290. The molecule has 2 heterocycles. The van der Waals surface area contributed by atoms with Gasteiger partial charge in [-0.15, -0.1) is 0 Å². The number of pyridine rings is 1. The fourth-order valence-corrected chi connectivity index (χ4v) is 3.93. The predicted octanol–water partition coefficient (Wildman–Crippen LogP) is 4.63. The molecular weight excluding hydrogens is 307 g/mol. The van der Waals surface area contributed by atoms with Crippen LogP contribution in [0, 0.1) is 5.92 Å². The van der Waals surface area contributed by atoms with Gasteiger partial charge in [0.15, 0.2) is 0 Å². The Labute approximate surface area is 137 Å². The average Bonchev–Trinajstić information content (AvgIpc) is 2.55. The Balaban J connectivity index is 2.39. The summed E-state index contributed by atoms with van der Waals surface area (Å²) in [6.45, 7) is 11.5. The molecule has 2 unspecified atom stereocenters. The minimum absolute atomic E-state index is 0.0524. The van der Waals surface area contributed by atoms with E-state index in [0.29, 0.717) is 16.0 Å². The molecule has 1 saturated heterocycles. The summed E-state index contributed by atoms with van der Waals surface area (Å²) in [5.41, 5.74) is 0.476. The number of halogens is 2. The molecule has 0 aliphatic carbocycles. The van der Waals surface area contributed by atoms with Crippen molar-refractivity contribution in [1.82, 2.24) is 10.3 Å². The highest BCUT2D eigenvalue weighted by Crippen LogP contribution is 2.48. The Morgan fingerprint density at radius 3 is 2.52 bits per heavy atom. The number of nitrogens with zero attached hydrogens (tertiary/aromatic N) is 1. The molecule has 1 aliphatic rings. The summed E-state index contributed by atoms with van der Waals surface area (Å²) in [6.07, 6.45) is 2.61. The Hall–Kier alpha value is -0.350. The fourth-order valence-electron chi connectivity index (χ4n) is 3.43. The molecule has 2 rings (SSSR count). The van der Waals surface area contributed by atoms with Crippen molar-refractivity contribution in [2.24, 2.45) is 5.92 Å². The summed E-state index contributed by atoms with van der Waals surface area (Å²) in [4.78, 5) is 4.47. The zero-order chi connectivity index (χ0) is 15.8. The van der Waals surface area contributed by atoms with Crippen molar-refractivity contribution in [2.75, 3.05) is 6.54 Å². The molecule has 118 valence electrons. The second kappa shape index (κ2) is 6.04. The lowest BCUT2D eigenvalue weighted by Gasteiger charge is -2.33. The quantitative estimate of drug-likeness (QED) is 0.873. The van der Waals surface area contributed by atoms with Crippen LogP contribution in [0.25, 0.3) is 0 Å². The smallest absolute Gasteiger partial charge is 0.0764 e. The fraction of sp³-hybridized carbons (Fsp3) is 0.688. The molecule has 2 atom stereocenters. The van der Waals surface area contributed by atoms with E-state index in [0.717, 1.165) is 18.7 Å². The lowest BCUT2D eigenvalue weighted by atomic mass is 9.80. The molecule has 1 N–H and O–H groups in total. The molecule has 3 nitrogen and oxygen atoms in total. The van der Waals surface area contributed by atoms with E-state index in [4.69, 9.17) is 27.9 Å². The van der Waals surface area contributed by atoms with Crippen LogP contribution in [0.15, 0.2) is 12.3 Å². The normalized spacial score (nSPS) is 25.0. The molecule has 0 amide bonds. The molecule has 1 aromatic rings. The van der Waals surface area contributed by atoms with Gasteiger partial charge in [0.1, 0.15) is 0 Å². The van der Waals surface area contributed by atoms with Crippen LogP contribution in [0.5, 0.6) is 0 Å². The van der Waals surface area contributed by atoms with Gasteiger partial charge in [-0.05, 0) is 46.7 Å². The van der Waals surface area contributed by atoms with E-state index >= 15 is 0 Å². The molecule has 0 spiro atoms. The summed E-state index contributed by atoms with van der Waals surface area (Å²) < 4.78 is 6.22. The highest BCUT2D eigenvalue weighted by molar-refractivity contribution is 6.34. The minimum atomic E-state index is -0.235. The van der Waals surface area contributed by atoms with E-state index in [-0.39, 0.29) is 17.2 Å². The third-order valence-corrected chi connectivity index (χ3v) is 4.61. The maximum atomic E-state index is 6.37. The first-order valence-corrected chi connectivity index (χ1v) is 8.16. The van der Waals surface area contributed by atoms with Gasteiger partial charge in [-0.25, -0.2) is 0 Å². The van der Waals surface area contributed by atoms with Crippen LogP contribution in [-0.2, 0) is 4.74 Å². The molecule has 1 aliphatic heterocycles. The molecule has 0 bridgehead atoms. The molecule has 21 heavy (non-hydrogen) atoms. The van der Waals surface area contributed by atoms with E-state index in [1.807, 2.05) is 0 Å². The van der Waals surface area contributed by atoms with E-state index in [9.17, 15) is 0 Å². The van der Waals surface area contributed by atoms with Crippen LogP contribution in [0.3, 0.4) is 0 Å². The van der Waals surface area contributed by atoms with Crippen LogP contribution < -0.4 is 5.32 Å². The van der Waals surface area contributed by atoms with Gasteiger partial charge in [0.05, 0.1) is 33.0 Å². The van der Waals surface area contributed by atoms with Gasteiger partial charge in [-0.1, -0.05) is 30.1 Å². The molecular formula is C16H24Cl2N2O. The highest BCUT2D eigenvalue weighted by Gasteiger charge is 2.49. The van der Waals surface area contributed by atoms with Gasteiger partial charge < -0.3 is 10.1 Å². The molecule has 1 aromatic heterocycles. The maximum absolute atomic E-state index is 6.37. The molecule has 1 fully saturated rings. The number of hydrogen-bond acceptors (Lipinski definition) is 3. The Morgan fingerprint density at radius 2 is 2.05 bits per heavy atom.